The number of Topliss-reactive ketones (excluding diaryl/α,β-unsaturated/α-hetero) is 1. The summed E-state index contributed by atoms with van der Waals surface area (Å²) in [6, 6.07) is 23.3. The van der Waals surface area contributed by atoms with Crippen molar-refractivity contribution in [2.75, 3.05) is 89.9 Å². The summed E-state index contributed by atoms with van der Waals surface area (Å²) in [6.45, 7) is 9.56. The van der Waals surface area contributed by atoms with Gasteiger partial charge < -0.3 is 30.1 Å². The van der Waals surface area contributed by atoms with E-state index in [0.717, 1.165) is 54.7 Å². The molecule has 2 saturated heterocycles. The maximum absolute atomic E-state index is 14.7. The average molecular weight is 798 g/mol. The number of piperazine rings is 2. The number of ketones is 1. The van der Waals surface area contributed by atoms with Crippen molar-refractivity contribution in [3.63, 3.8) is 0 Å². The molecular weight excluding hydrogens is 745 g/mol. The van der Waals surface area contributed by atoms with Crippen LogP contribution < -0.4 is 15.5 Å². The van der Waals surface area contributed by atoms with E-state index in [-0.39, 0.29) is 48.6 Å². The second kappa shape index (κ2) is 20.1. The summed E-state index contributed by atoms with van der Waals surface area (Å²) in [5, 5.41) is 0. The Morgan fingerprint density at radius 2 is 1.02 bits per heavy atom. The number of rotatable bonds is 9. The molecule has 58 heavy (non-hydrogen) atoms. The highest BCUT2D eigenvalue weighted by atomic mass is 19.1. The summed E-state index contributed by atoms with van der Waals surface area (Å²) in [4.78, 5) is 61.2. The second-order valence-electron chi connectivity index (χ2n) is 14.6. The predicted molar refractivity (Wildman–Crippen MR) is 221 cm³/mol. The molecule has 0 aromatic heterocycles. The van der Waals surface area contributed by atoms with Crippen LogP contribution in [0.2, 0.25) is 0 Å². The van der Waals surface area contributed by atoms with Crippen LogP contribution in [0.25, 0.3) is 0 Å². The lowest BCUT2D eigenvalue weighted by atomic mass is 10.1. The highest BCUT2D eigenvalue weighted by molar-refractivity contribution is 5.98. The normalized spacial score (nSPS) is 14.6. The monoisotopic (exact) mass is 797 g/mol. The van der Waals surface area contributed by atoms with E-state index in [9.17, 15) is 28.0 Å². The van der Waals surface area contributed by atoms with Crippen molar-refractivity contribution in [3.05, 3.63) is 130 Å². The van der Waals surface area contributed by atoms with Crippen molar-refractivity contribution in [1.29, 1.82) is 0 Å². The van der Waals surface area contributed by atoms with Gasteiger partial charge in [0, 0.05) is 80.4 Å². The largest absolute Gasteiger partial charge is 0.465 e. The number of aryl methyl sites for hydroxylation is 2. The molecule has 0 radical (unpaired) electrons. The van der Waals surface area contributed by atoms with E-state index in [0.29, 0.717) is 37.3 Å². The number of amides is 4. The number of urea groups is 2. The minimum atomic E-state index is -0.597. The number of ether oxygens (including phenoxy) is 1. The van der Waals surface area contributed by atoms with Crippen molar-refractivity contribution in [1.82, 2.24) is 19.6 Å². The number of hydrogen-bond donors (Lipinski definition) is 1. The fourth-order valence-electron chi connectivity index (χ4n) is 6.81. The van der Waals surface area contributed by atoms with Gasteiger partial charge in [-0.25, -0.2) is 23.2 Å². The lowest BCUT2D eigenvalue weighted by molar-refractivity contribution is 0.0600. The molecule has 308 valence electrons. The van der Waals surface area contributed by atoms with Gasteiger partial charge in [-0.3, -0.25) is 14.6 Å². The van der Waals surface area contributed by atoms with E-state index in [1.165, 1.54) is 25.3 Å². The van der Waals surface area contributed by atoms with Crippen LogP contribution in [-0.2, 0) is 17.8 Å². The third kappa shape index (κ3) is 10.8. The number of esters is 1. The van der Waals surface area contributed by atoms with Crippen LogP contribution in [0.5, 0.6) is 0 Å². The number of methoxy groups -OCH3 is 1. The third-order valence-electron chi connectivity index (χ3n) is 10.5. The maximum atomic E-state index is 14.7. The van der Waals surface area contributed by atoms with E-state index < -0.39 is 17.6 Å². The smallest absolute Gasteiger partial charge is 0.337 e. The number of likely N-dealkylation sites (N-methyl/N-ethyl adjacent to an activating group) is 2. The molecular formula is C44H53F2N7O5. The molecule has 4 aromatic carbocycles. The molecule has 2 aliphatic rings. The lowest BCUT2D eigenvalue weighted by Crippen LogP contribution is -2.52. The molecule has 4 aromatic rings. The second-order valence-corrected chi connectivity index (χ2v) is 14.6. The topological polar surface area (TPSA) is 123 Å². The molecule has 2 heterocycles. The van der Waals surface area contributed by atoms with Crippen molar-refractivity contribution >= 4 is 35.2 Å². The minimum absolute atomic E-state index is 0.0727. The minimum Gasteiger partial charge on any atom is -0.465 e. The Balaban J connectivity index is 0.000000221. The van der Waals surface area contributed by atoms with Gasteiger partial charge in [0.25, 0.3) is 0 Å². The highest BCUT2D eigenvalue weighted by Crippen LogP contribution is 2.27. The van der Waals surface area contributed by atoms with Gasteiger partial charge in [-0.2, -0.15) is 0 Å². The van der Waals surface area contributed by atoms with Crippen LogP contribution in [0.3, 0.4) is 0 Å². The van der Waals surface area contributed by atoms with Crippen molar-refractivity contribution in [2.45, 2.75) is 26.9 Å². The molecule has 14 heteroatoms. The van der Waals surface area contributed by atoms with Gasteiger partial charge in [-0.05, 0) is 69.4 Å². The summed E-state index contributed by atoms with van der Waals surface area (Å²) in [6.07, 6.45) is 0. The van der Waals surface area contributed by atoms with Gasteiger partial charge in [-0.1, -0.05) is 54.6 Å². The first-order chi connectivity index (χ1) is 27.8. The standard InChI is InChI=1S/C22H27FN4O2.C22H26FN3O3/c1-16-5-3-4-6-20(16)27(22(29)26-11-9-25(2)10-12-26)15-18-8-7-17(13-19(18)23)21(28)14-24;1-16-6-4-5-7-20(16)26(22(28)25-12-10-24(2)11-13-25)15-18-9-8-17(14-19(18)23)21(27)29-3/h3-8,13H,9-12,14-15,24H2,1-2H3;4-9,14H,10-13,15H2,1-3H3. The molecule has 6 rings (SSSR count). The van der Waals surface area contributed by atoms with Crippen LogP contribution >= 0.6 is 0 Å². The summed E-state index contributed by atoms with van der Waals surface area (Å²) in [5.74, 6) is -1.98. The van der Waals surface area contributed by atoms with Gasteiger partial charge in [0.2, 0.25) is 0 Å². The van der Waals surface area contributed by atoms with Gasteiger partial charge in [-0.15, -0.1) is 0 Å². The predicted octanol–water partition coefficient (Wildman–Crippen LogP) is 5.94. The van der Waals surface area contributed by atoms with Crippen molar-refractivity contribution in [2.24, 2.45) is 5.73 Å². The quantitative estimate of drug-likeness (QED) is 0.163. The zero-order chi connectivity index (χ0) is 41.9. The summed E-state index contributed by atoms with van der Waals surface area (Å²) in [7, 11) is 5.31. The van der Waals surface area contributed by atoms with Crippen molar-refractivity contribution in [3.8, 4) is 0 Å². The molecule has 0 unspecified atom stereocenters. The fourth-order valence-corrected chi connectivity index (χ4v) is 6.81. The number of benzene rings is 4. The van der Waals surface area contributed by atoms with E-state index >= 15 is 0 Å². The third-order valence-corrected chi connectivity index (χ3v) is 10.5. The summed E-state index contributed by atoms with van der Waals surface area (Å²) < 4.78 is 34.1. The maximum Gasteiger partial charge on any atom is 0.337 e. The highest BCUT2D eigenvalue weighted by Gasteiger charge is 2.29. The number of para-hydroxylation sites is 2. The van der Waals surface area contributed by atoms with Crippen molar-refractivity contribution < 1.29 is 32.7 Å². The average Bonchev–Trinajstić information content (AvgIpc) is 3.23. The SMILES string of the molecule is COC(=O)c1ccc(CN(C(=O)N2CCN(C)CC2)c2ccccc2C)c(F)c1.Cc1ccccc1N(Cc1ccc(C(=O)CN)cc1F)C(=O)N1CCN(C)CC1. The number of nitrogens with two attached hydrogens (primary N) is 1. The zero-order valence-corrected chi connectivity index (χ0v) is 33.9. The Morgan fingerprint density at radius 1 is 0.621 bits per heavy atom. The molecule has 0 spiro atoms. The Kier molecular flexibility index (Phi) is 15.1. The number of carbonyl (C=O) groups is 4. The van der Waals surface area contributed by atoms with Crippen LogP contribution in [0.1, 0.15) is 43.0 Å². The first kappa shape index (κ1) is 43.4. The number of halogens is 2. The first-order valence-corrected chi connectivity index (χ1v) is 19.3. The number of nitrogens with zero attached hydrogens (tertiary/aromatic N) is 6. The Bertz CT molecular complexity index is 1940. The lowest BCUT2D eigenvalue weighted by Gasteiger charge is -2.36. The molecule has 0 bridgehead atoms. The number of carbonyl (C=O) groups excluding carboxylic acids is 4. The van der Waals surface area contributed by atoms with Gasteiger partial charge in [0.1, 0.15) is 11.6 Å². The fraction of sp³-hybridized carbons (Fsp3) is 0.364. The van der Waals surface area contributed by atoms with Crippen LogP contribution in [0, 0.1) is 25.5 Å². The molecule has 4 amide bonds. The van der Waals surface area contributed by atoms with E-state index in [2.05, 4.69) is 14.5 Å². The summed E-state index contributed by atoms with van der Waals surface area (Å²) >= 11 is 0. The summed E-state index contributed by atoms with van der Waals surface area (Å²) in [5.41, 5.74) is 9.79. The van der Waals surface area contributed by atoms with E-state index in [1.54, 1.807) is 31.7 Å². The van der Waals surface area contributed by atoms with Crippen LogP contribution in [0.4, 0.5) is 29.7 Å². The zero-order valence-electron chi connectivity index (χ0n) is 33.9. The Labute approximate surface area is 339 Å². The molecule has 0 saturated carbocycles. The Hall–Kier alpha value is -5.70. The molecule has 2 aliphatic heterocycles. The Morgan fingerprint density at radius 3 is 1.40 bits per heavy atom. The number of anilines is 2. The number of hydrogen-bond acceptors (Lipinski definition) is 8. The first-order valence-electron chi connectivity index (χ1n) is 19.3. The molecule has 2 N–H and O–H groups in total. The van der Waals surface area contributed by atoms with Gasteiger partial charge in [0.15, 0.2) is 5.78 Å². The van der Waals surface area contributed by atoms with E-state index in [4.69, 9.17) is 5.73 Å². The van der Waals surface area contributed by atoms with Gasteiger partial charge >= 0.3 is 18.0 Å². The molecule has 2 fully saturated rings. The van der Waals surface area contributed by atoms with Crippen LogP contribution in [0.15, 0.2) is 84.9 Å². The molecule has 0 aliphatic carbocycles. The van der Waals surface area contributed by atoms with Crippen LogP contribution in [-0.4, -0.2) is 124 Å². The van der Waals surface area contributed by atoms with Gasteiger partial charge in [0.05, 0.1) is 32.3 Å². The molecule has 0 atom stereocenters. The molecule has 12 nitrogen and oxygen atoms in total. The van der Waals surface area contributed by atoms with E-state index in [1.807, 2.05) is 76.5 Å².